The average Bonchev–Trinajstić information content (AvgIpc) is 3.19. The highest BCUT2D eigenvalue weighted by Crippen LogP contribution is 2.36. The van der Waals surface area contributed by atoms with Crippen LogP contribution in [-0.4, -0.2) is 44.5 Å². The second-order valence-corrected chi connectivity index (χ2v) is 7.13. The normalized spacial score (nSPS) is 15.3. The van der Waals surface area contributed by atoms with Crippen LogP contribution in [0.1, 0.15) is 30.8 Å². The van der Waals surface area contributed by atoms with Gasteiger partial charge >= 0.3 is 0 Å². The molecular formula is C22H24N6O3. The first kappa shape index (κ1) is 20.5. The van der Waals surface area contributed by atoms with E-state index in [0.717, 1.165) is 5.56 Å². The maximum absolute atomic E-state index is 13.4. The Hall–Kier alpha value is -3.72. The molecule has 1 atom stereocenters. The SMILES string of the molecule is COc1ccccc1NC(=O)C1=C(C)Nc2nc(CCCO)nn2[C@H]1c1cccnc1. The van der Waals surface area contributed by atoms with Crippen molar-refractivity contribution in [2.24, 2.45) is 0 Å². The molecule has 31 heavy (non-hydrogen) atoms. The molecule has 0 unspecified atom stereocenters. The summed E-state index contributed by atoms with van der Waals surface area (Å²) >= 11 is 0. The van der Waals surface area contributed by atoms with Gasteiger partial charge < -0.3 is 20.5 Å². The Morgan fingerprint density at radius 2 is 2.13 bits per heavy atom. The fourth-order valence-corrected chi connectivity index (χ4v) is 3.62. The van der Waals surface area contributed by atoms with Crippen LogP contribution in [-0.2, 0) is 11.2 Å². The zero-order chi connectivity index (χ0) is 21.8. The van der Waals surface area contributed by atoms with Crippen LogP contribution in [0.5, 0.6) is 5.75 Å². The molecule has 3 heterocycles. The molecule has 2 aromatic heterocycles. The van der Waals surface area contributed by atoms with Crippen LogP contribution in [0.2, 0.25) is 0 Å². The molecule has 9 nitrogen and oxygen atoms in total. The van der Waals surface area contributed by atoms with E-state index in [1.165, 1.54) is 0 Å². The van der Waals surface area contributed by atoms with E-state index >= 15 is 0 Å². The van der Waals surface area contributed by atoms with Gasteiger partial charge in [-0.3, -0.25) is 9.78 Å². The number of methoxy groups -OCH3 is 1. The number of nitrogens with zero attached hydrogens (tertiary/aromatic N) is 4. The fourth-order valence-electron chi connectivity index (χ4n) is 3.62. The third kappa shape index (κ3) is 4.13. The Morgan fingerprint density at radius 1 is 1.29 bits per heavy atom. The summed E-state index contributed by atoms with van der Waals surface area (Å²) in [5.74, 6) is 1.45. The van der Waals surface area contributed by atoms with Crippen molar-refractivity contribution in [1.29, 1.82) is 0 Å². The number of fused-ring (bicyclic) bond motifs is 1. The second kappa shape index (κ2) is 8.97. The number of hydrogen-bond acceptors (Lipinski definition) is 7. The number of allylic oxidation sites excluding steroid dienone is 1. The zero-order valence-corrected chi connectivity index (χ0v) is 17.4. The summed E-state index contributed by atoms with van der Waals surface area (Å²) in [6, 6.07) is 10.5. The lowest BCUT2D eigenvalue weighted by molar-refractivity contribution is -0.113. The maximum Gasteiger partial charge on any atom is 0.255 e. The van der Waals surface area contributed by atoms with E-state index in [-0.39, 0.29) is 12.5 Å². The van der Waals surface area contributed by atoms with Crippen molar-refractivity contribution < 1.29 is 14.6 Å². The van der Waals surface area contributed by atoms with Gasteiger partial charge in [0.05, 0.1) is 18.4 Å². The number of carbonyl (C=O) groups excluding carboxylic acids is 1. The van der Waals surface area contributed by atoms with Gasteiger partial charge in [0.15, 0.2) is 5.82 Å². The number of anilines is 2. The smallest absolute Gasteiger partial charge is 0.255 e. The minimum absolute atomic E-state index is 0.0627. The number of ether oxygens (including phenoxy) is 1. The third-order valence-electron chi connectivity index (χ3n) is 5.05. The molecule has 1 amide bonds. The summed E-state index contributed by atoms with van der Waals surface area (Å²) in [5.41, 5.74) is 2.57. The molecule has 4 rings (SSSR count). The predicted molar refractivity (Wildman–Crippen MR) is 116 cm³/mol. The number of aliphatic hydroxyl groups is 1. The van der Waals surface area contributed by atoms with E-state index in [1.54, 1.807) is 36.3 Å². The quantitative estimate of drug-likeness (QED) is 0.538. The lowest BCUT2D eigenvalue weighted by Gasteiger charge is -2.28. The number of benzene rings is 1. The molecule has 3 aromatic rings. The highest BCUT2D eigenvalue weighted by Gasteiger charge is 2.34. The van der Waals surface area contributed by atoms with Gasteiger partial charge in [0.1, 0.15) is 11.8 Å². The van der Waals surface area contributed by atoms with Crippen LogP contribution in [0.3, 0.4) is 0 Å². The fraction of sp³-hybridized carbons (Fsp3) is 0.273. The van der Waals surface area contributed by atoms with E-state index in [2.05, 4.69) is 25.7 Å². The average molecular weight is 420 g/mol. The lowest BCUT2D eigenvalue weighted by Crippen LogP contribution is -2.31. The second-order valence-electron chi connectivity index (χ2n) is 7.13. The number of para-hydroxylation sites is 2. The summed E-state index contributed by atoms with van der Waals surface area (Å²) in [4.78, 5) is 22.2. The molecule has 0 saturated carbocycles. The molecule has 0 bridgehead atoms. The van der Waals surface area contributed by atoms with E-state index in [1.807, 2.05) is 31.2 Å². The minimum atomic E-state index is -0.505. The van der Waals surface area contributed by atoms with Gasteiger partial charge in [0, 0.05) is 31.1 Å². The Morgan fingerprint density at radius 3 is 2.87 bits per heavy atom. The summed E-state index contributed by atoms with van der Waals surface area (Å²) in [5, 5.41) is 19.9. The summed E-state index contributed by atoms with van der Waals surface area (Å²) in [6.07, 6.45) is 4.51. The third-order valence-corrected chi connectivity index (χ3v) is 5.05. The molecule has 3 N–H and O–H groups in total. The number of pyridine rings is 1. The number of aliphatic hydroxyl groups excluding tert-OH is 1. The topological polar surface area (TPSA) is 114 Å². The van der Waals surface area contributed by atoms with Gasteiger partial charge in [-0.25, -0.2) is 4.68 Å². The molecule has 160 valence electrons. The predicted octanol–water partition coefficient (Wildman–Crippen LogP) is 2.53. The van der Waals surface area contributed by atoms with Gasteiger partial charge in [0.25, 0.3) is 5.91 Å². The minimum Gasteiger partial charge on any atom is -0.495 e. The Balaban J connectivity index is 1.74. The first-order valence-electron chi connectivity index (χ1n) is 10.0. The van der Waals surface area contributed by atoms with Gasteiger partial charge in [-0.1, -0.05) is 18.2 Å². The van der Waals surface area contributed by atoms with Gasteiger partial charge in [-0.2, -0.15) is 10.1 Å². The standard InChI is InChI=1S/C22H24N6O3/c1-14-19(21(30)25-16-8-3-4-9-17(16)31-2)20(15-7-5-11-23-13-15)28-22(24-14)26-18(27-28)10-6-12-29/h3-5,7-9,11,13,20,29H,6,10,12H2,1-2H3,(H,25,30)(H,24,26,27)/t20-/m0/s1. The van der Waals surface area contributed by atoms with Crippen molar-refractivity contribution in [1.82, 2.24) is 19.7 Å². The van der Waals surface area contributed by atoms with Crippen LogP contribution >= 0.6 is 0 Å². The van der Waals surface area contributed by atoms with Crippen molar-refractivity contribution in [3.05, 3.63) is 71.4 Å². The maximum atomic E-state index is 13.4. The molecule has 0 radical (unpaired) electrons. The summed E-state index contributed by atoms with van der Waals surface area (Å²) < 4.78 is 7.07. The Labute approximate surface area is 179 Å². The number of amides is 1. The largest absolute Gasteiger partial charge is 0.495 e. The first-order chi connectivity index (χ1) is 15.1. The van der Waals surface area contributed by atoms with Crippen LogP contribution < -0.4 is 15.4 Å². The summed E-state index contributed by atoms with van der Waals surface area (Å²) in [6.45, 7) is 1.90. The monoisotopic (exact) mass is 420 g/mol. The van der Waals surface area contributed by atoms with Crippen LogP contribution in [0.15, 0.2) is 60.1 Å². The number of aromatic nitrogens is 4. The molecular weight excluding hydrogens is 396 g/mol. The van der Waals surface area contributed by atoms with E-state index in [4.69, 9.17) is 9.84 Å². The molecule has 1 aliphatic heterocycles. The molecule has 9 heteroatoms. The zero-order valence-electron chi connectivity index (χ0n) is 17.4. The first-order valence-corrected chi connectivity index (χ1v) is 10.0. The molecule has 0 spiro atoms. The van der Waals surface area contributed by atoms with Crippen molar-refractivity contribution in [2.75, 3.05) is 24.4 Å². The van der Waals surface area contributed by atoms with Crippen LogP contribution in [0.25, 0.3) is 0 Å². The van der Waals surface area contributed by atoms with Crippen molar-refractivity contribution in [3.63, 3.8) is 0 Å². The van der Waals surface area contributed by atoms with Crippen molar-refractivity contribution in [3.8, 4) is 5.75 Å². The molecule has 1 aliphatic rings. The van der Waals surface area contributed by atoms with Crippen molar-refractivity contribution in [2.45, 2.75) is 25.8 Å². The number of rotatable bonds is 7. The van der Waals surface area contributed by atoms with Crippen LogP contribution in [0.4, 0.5) is 11.6 Å². The lowest BCUT2D eigenvalue weighted by atomic mass is 9.96. The van der Waals surface area contributed by atoms with E-state index in [0.29, 0.717) is 47.3 Å². The van der Waals surface area contributed by atoms with Gasteiger partial charge in [-0.05, 0) is 37.1 Å². The summed E-state index contributed by atoms with van der Waals surface area (Å²) in [7, 11) is 1.56. The van der Waals surface area contributed by atoms with Crippen molar-refractivity contribution >= 4 is 17.5 Å². The number of hydrogen-bond donors (Lipinski definition) is 3. The van der Waals surface area contributed by atoms with E-state index < -0.39 is 6.04 Å². The molecule has 1 aromatic carbocycles. The number of nitrogens with one attached hydrogen (secondary N) is 2. The molecule has 0 aliphatic carbocycles. The van der Waals surface area contributed by atoms with Gasteiger partial charge in [-0.15, -0.1) is 0 Å². The highest BCUT2D eigenvalue weighted by atomic mass is 16.5. The molecule has 0 fully saturated rings. The van der Waals surface area contributed by atoms with Crippen LogP contribution in [0, 0.1) is 0 Å². The number of aryl methyl sites for hydroxylation is 1. The Kier molecular flexibility index (Phi) is 5.94. The Bertz CT molecular complexity index is 1110. The van der Waals surface area contributed by atoms with E-state index in [9.17, 15) is 4.79 Å². The highest BCUT2D eigenvalue weighted by molar-refractivity contribution is 6.06. The molecule has 0 saturated heterocycles. The van der Waals surface area contributed by atoms with Gasteiger partial charge in [0.2, 0.25) is 5.95 Å². The number of carbonyl (C=O) groups is 1.